The second-order valence-electron chi connectivity index (χ2n) is 4.70. The molecule has 2 aromatic rings. The van der Waals surface area contributed by atoms with Gasteiger partial charge in [-0.05, 0) is 23.6 Å². The minimum Gasteiger partial charge on any atom is -0.312 e. The molecule has 0 saturated heterocycles. The van der Waals surface area contributed by atoms with Gasteiger partial charge in [-0.2, -0.15) is 0 Å². The molecule has 0 bridgehead atoms. The molecule has 9 heteroatoms. The van der Waals surface area contributed by atoms with E-state index in [1.54, 1.807) is 11.4 Å². The fraction of sp³-hybridized carbons (Fsp3) is 0.143. The average molecular weight is 357 g/mol. The van der Waals surface area contributed by atoms with Gasteiger partial charge in [0.15, 0.2) is 9.84 Å². The molecule has 0 radical (unpaired) electrons. The molecule has 0 unspecified atom stereocenters. The molecule has 1 aromatic heterocycles. The van der Waals surface area contributed by atoms with Crippen LogP contribution in [0.1, 0.15) is 22.3 Å². The highest BCUT2D eigenvalue weighted by Gasteiger charge is 2.30. The monoisotopic (exact) mass is 357 g/mol. The lowest BCUT2D eigenvalue weighted by Crippen LogP contribution is -2.20. The standard InChI is InChI=1S/C14H9F2NO4S2/c15-9-2-1-3-10(16)12(9)13(18)21-17-11-5-7-23(19,20)14-8(11)4-6-22-14/h1-4,6H,5,7H2. The van der Waals surface area contributed by atoms with Crippen LogP contribution in [0.5, 0.6) is 0 Å². The smallest absolute Gasteiger partial charge is 0.312 e. The highest BCUT2D eigenvalue weighted by Crippen LogP contribution is 2.30. The predicted molar refractivity (Wildman–Crippen MR) is 79.3 cm³/mol. The van der Waals surface area contributed by atoms with Crippen molar-refractivity contribution in [1.29, 1.82) is 0 Å². The Morgan fingerprint density at radius 2 is 1.91 bits per heavy atom. The molecule has 0 saturated carbocycles. The fourth-order valence-electron chi connectivity index (χ4n) is 2.14. The molecule has 0 N–H and O–H groups in total. The molecule has 0 fully saturated rings. The number of fused-ring (bicyclic) bond motifs is 1. The fourth-order valence-corrected chi connectivity index (χ4v) is 4.95. The summed E-state index contributed by atoms with van der Waals surface area (Å²) in [6.07, 6.45) is 0.0547. The van der Waals surface area contributed by atoms with Crippen molar-refractivity contribution < 1.29 is 26.8 Å². The molecule has 0 spiro atoms. The Balaban J connectivity index is 1.89. The van der Waals surface area contributed by atoms with E-state index in [4.69, 9.17) is 0 Å². The summed E-state index contributed by atoms with van der Waals surface area (Å²) in [5.41, 5.74) is -0.241. The second kappa shape index (κ2) is 5.82. The number of hydrogen-bond donors (Lipinski definition) is 0. The Kier molecular flexibility index (Phi) is 3.99. The van der Waals surface area contributed by atoms with Crippen LogP contribution in [0.4, 0.5) is 8.78 Å². The van der Waals surface area contributed by atoms with Gasteiger partial charge in [0.2, 0.25) is 0 Å². The van der Waals surface area contributed by atoms with Crippen molar-refractivity contribution in [3.63, 3.8) is 0 Å². The Labute approximate surface area is 134 Å². The summed E-state index contributed by atoms with van der Waals surface area (Å²) in [6.45, 7) is 0. The van der Waals surface area contributed by atoms with Crippen LogP contribution in [0.15, 0.2) is 39.0 Å². The third-order valence-corrected chi connectivity index (χ3v) is 6.52. The summed E-state index contributed by atoms with van der Waals surface area (Å²) in [5.74, 6) is -3.56. The maximum atomic E-state index is 13.5. The minimum atomic E-state index is -3.36. The van der Waals surface area contributed by atoms with Gasteiger partial charge >= 0.3 is 5.97 Å². The number of carbonyl (C=O) groups is 1. The number of thiophene rings is 1. The zero-order chi connectivity index (χ0) is 16.6. The first-order chi connectivity index (χ1) is 10.9. The summed E-state index contributed by atoms with van der Waals surface area (Å²) in [6, 6.07) is 4.53. The highest BCUT2D eigenvalue weighted by molar-refractivity contribution is 7.93. The largest absolute Gasteiger partial charge is 0.371 e. The van der Waals surface area contributed by atoms with Crippen LogP contribution in [0, 0.1) is 11.6 Å². The Morgan fingerprint density at radius 3 is 2.61 bits per heavy atom. The summed E-state index contributed by atoms with van der Waals surface area (Å²) in [7, 11) is -3.36. The molecule has 0 aliphatic carbocycles. The van der Waals surface area contributed by atoms with E-state index in [0.717, 1.165) is 29.5 Å². The molecule has 0 amide bonds. The molecular weight excluding hydrogens is 348 g/mol. The number of sulfone groups is 1. The second-order valence-corrected chi connectivity index (χ2v) is 7.92. The van der Waals surface area contributed by atoms with E-state index in [0.29, 0.717) is 5.56 Å². The van der Waals surface area contributed by atoms with Crippen LogP contribution in [0.2, 0.25) is 0 Å². The SMILES string of the molecule is O=C(ON=C1CCS(=O)(=O)c2sccc21)c1c(F)cccc1F. The van der Waals surface area contributed by atoms with Crippen molar-refractivity contribution in [3.8, 4) is 0 Å². The number of nitrogens with zero attached hydrogens (tertiary/aromatic N) is 1. The van der Waals surface area contributed by atoms with Crippen molar-refractivity contribution in [1.82, 2.24) is 0 Å². The maximum absolute atomic E-state index is 13.5. The Morgan fingerprint density at radius 1 is 1.22 bits per heavy atom. The molecule has 3 rings (SSSR count). The number of benzene rings is 1. The zero-order valence-electron chi connectivity index (χ0n) is 11.5. The number of carbonyl (C=O) groups excluding carboxylic acids is 1. The number of halogens is 2. The third kappa shape index (κ3) is 2.89. The van der Waals surface area contributed by atoms with Gasteiger partial charge in [-0.25, -0.2) is 22.0 Å². The molecular formula is C14H9F2NO4S2. The molecule has 23 heavy (non-hydrogen) atoms. The lowest BCUT2D eigenvalue weighted by atomic mass is 10.1. The van der Waals surface area contributed by atoms with E-state index in [1.165, 1.54) is 0 Å². The third-order valence-electron chi connectivity index (χ3n) is 3.24. The summed E-state index contributed by atoms with van der Waals surface area (Å²) < 4.78 is 50.9. The predicted octanol–water partition coefficient (Wildman–Crippen LogP) is 2.76. The van der Waals surface area contributed by atoms with Crippen molar-refractivity contribution in [3.05, 3.63) is 52.4 Å². The number of oxime groups is 1. The maximum Gasteiger partial charge on any atom is 0.371 e. The summed E-state index contributed by atoms with van der Waals surface area (Å²) in [5, 5.41) is 5.18. The molecule has 120 valence electrons. The van der Waals surface area contributed by atoms with E-state index in [2.05, 4.69) is 9.99 Å². The summed E-state index contributed by atoms with van der Waals surface area (Å²) >= 11 is 1.04. The zero-order valence-corrected chi connectivity index (χ0v) is 13.1. The van der Waals surface area contributed by atoms with Gasteiger partial charge in [0.25, 0.3) is 0 Å². The molecule has 5 nitrogen and oxygen atoms in total. The van der Waals surface area contributed by atoms with Gasteiger partial charge in [0, 0.05) is 12.0 Å². The Bertz CT molecular complexity index is 898. The van der Waals surface area contributed by atoms with Crippen molar-refractivity contribution in [2.75, 3.05) is 5.75 Å². The lowest BCUT2D eigenvalue weighted by molar-refractivity contribution is 0.0504. The van der Waals surface area contributed by atoms with Gasteiger partial charge < -0.3 is 4.84 Å². The number of rotatable bonds is 2. The van der Waals surface area contributed by atoms with E-state index in [-0.39, 0.29) is 22.1 Å². The first-order valence-corrected chi connectivity index (χ1v) is 8.96. The van der Waals surface area contributed by atoms with Crippen LogP contribution < -0.4 is 0 Å². The van der Waals surface area contributed by atoms with Crippen LogP contribution in [-0.4, -0.2) is 25.9 Å². The molecule has 1 aliphatic heterocycles. The lowest BCUT2D eigenvalue weighted by Gasteiger charge is -2.13. The average Bonchev–Trinajstić information content (AvgIpc) is 2.97. The van der Waals surface area contributed by atoms with Gasteiger partial charge in [-0.3, -0.25) is 0 Å². The topological polar surface area (TPSA) is 72.8 Å². The van der Waals surface area contributed by atoms with E-state index < -0.39 is 33.0 Å². The first kappa shape index (κ1) is 15.8. The van der Waals surface area contributed by atoms with E-state index in [9.17, 15) is 22.0 Å². The molecule has 0 atom stereocenters. The first-order valence-electron chi connectivity index (χ1n) is 6.43. The molecule has 2 heterocycles. The number of hydrogen-bond acceptors (Lipinski definition) is 6. The Hall–Kier alpha value is -2.13. The van der Waals surface area contributed by atoms with Gasteiger partial charge in [0.1, 0.15) is 21.4 Å². The van der Waals surface area contributed by atoms with Crippen LogP contribution >= 0.6 is 11.3 Å². The van der Waals surface area contributed by atoms with Crippen molar-refractivity contribution in [2.24, 2.45) is 5.16 Å². The van der Waals surface area contributed by atoms with Crippen LogP contribution in [0.25, 0.3) is 0 Å². The van der Waals surface area contributed by atoms with E-state index >= 15 is 0 Å². The molecule has 1 aliphatic rings. The normalized spacial score (nSPS) is 17.7. The van der Waals surface area contributed by atoms with Crippen molar-refractivity contribution >= 4 is 32.9 Å². The minimum absolute atomic E-state index is 0.0547. The summed E-state index contributed by atoms with van der Waals surface area (Å²) in [4.78, 5) is 16.4. The van der Waals surface area contributed by atoms with Crippen molar-refractivity contribution in [2.45, 2.75) is 10.6 Å². The highest BCUT2D eigenvalue weighted by atomic mass is 32.2. The molecule has 1 aromatic carbocycles. The quantitative estimate of drug-likeness (QED) is 0.612. The van der Waals surface area contributed by atoms with Gasteiger partial charge in [-0.15, -0.1) is 11.3 Å². The van der Waals surface area contributed by atoms with E-state index in [1.807, 2.05) is 0 Å². The van der Waals surface area contributed by atoms with Crippen LogP contribution in [-0.2, 0) is 14.7 Å². The van der Waals surface area contributed by atoms with Gasteiger partial charge in [0.05, 0.1) is 11.5 Å². The van der Waals surface area contributed by atoms with Gasteiger partial charge in [-0.1, -0.05) is 11.2 Å². The van der Waals surface area contributed by atoms with Crippen LogP contribution in [0.3, 0.4) is 0 Å².